The number of para-hydroxylation sites is 1. The summed E-state index contributed by atoms with van der Waals surface area (Å²) in [6.45, 7) is 4.96. The lowest BCUT2D eigenvalue weighted by molar-refractivity contribution is 0.00237. The Labute approximate surface area is 149 Å². The third-order valence-electron chi connectivity index (χ3n) is 5.93. The molecule has 1 aromatic heterocycles. The van der Waals surface area contributed by atoms with Crippen LogP contribution in [0, 0.1) is 11.8 Å². The molecule has 134 valence electrons. The van der Waals surface area contributed by atoms with Crippen molar-refractivity contribution in [1.82, 2.24) is 14.6 Å². The first-order chi connectivity index (χ1) is 12.1. The highest BCUT2D eigenvalue weighted by Crippen LogP contribution is 2.37. The summed E-state index contributed by atoms with van der Waals surface area (Å²) in [5.74, 6) is 1.53. The molecular weight excluding hydrogens is 334 g/mol. The Bertz CT molecular complexity index is 863. The zero-order valence-electron chi connectivity index (χ0n) is 14.6. The Hall–Kier alpha value is -1.50. The Kier molecular flexibility index (Phi) is 4.52. The van der Waals surface area contributed by atoms with E-state index in [1.807, 2.05) is 18.2 Å². The van der Waals surface area contributed by atoms with E-state index in [-0.39, 0.29) is 4.90 Å². The molecule has 1 N–H and O–H groups in total. The lowest BCUT2D eigenvalue weighted by Crippen LogP contribution is -2.56. The molecule has 0 aliphatic carbocycles. The minimum Gasteiger partial charge on any atom is -0.299 e. The van der Waals surface area contributed by atoms with E-state index in [1.54, 1.807) is 18.3 Å². The number of pyridine rings is 1. The molecule has 3 aliphatic rings. The fourth-order valence-electron chi connectivity index (χ4n) is 4.50. The van der Waals surface area contributed by atoms with Gasteiger partial charge in [0.1, 0.15) is 4.90 Å². The number of hydrogen-bond acceptors (Lipinski definition) is 4. The van der Waals surface area contributed by atoms with Crippen LogP contribution in [-0.2, 0) is 10.0 Å². The molecule has 5 rings (SSSR count). The number of aromatic nitrogens is 1. The summed E-state index contributed by atoms with van der Waals surface area (Å²) < 4.78 is 28.5. The van der Waals surface area contributed by atoms with Gasteiger partial charge >= 0.3 is 0 Å². The SMILES string of the molecule is CC[C@@H]1CN2CC[C@H]1C[C@@H]2CNS(=O)(=O)c1cccc2cccnc12. The van der Waals surface area contributed by atoms with E-state index < -0.39 is 10.0 Å². The zero-order chi connectivity index (χ0) is 17.4. The highest BCUT2D eigenvalue weighted by molar-refractivity contribution is 7.89. The molecule has 6 heteroatoms. The van der Waals surface area contributed by atoms with E-state index in [0.717, 1.165) is 36.7 Å². The van der Waals surface area contributed by atoms with Crippen molar-refractivity contribution in [3.63, 3.8) is 0 Å². The van der Waals surface area contributed by atoms with Gasteiger partial charge < -0.3 is 0 Å². The number of sulfonamides is 1. The number of fused-ring (bicyclic) bond motifs is 4. The van der Waals surface area contributed by atoms with Gasteiger partial charge in [0.05, 0.1) is 5.52 Å². The van der Waals surface area contributed by atoms with Gasteiger partial charge in [-0.25, -0.2) is 13.1 Å². The Morgan fingerprint density at radius 2 is 2.12 bits per heavy atom. The Morgan fingerprint density at radius 3 is 2.88 bits per heavy atom. The molecule has 5 nitrogen and oxygen atoms in total. The van der Waals surface area contributed by atoms with Crippen LogP contribution in [0.4, 0.5) is 0 Å². The Balaban J connectivity index is 1.51. The van der Waals surface area contributed by atoms with E-state index in [2.05, 4.69) is 21.5 Å². The molecule has 0 radical (unpaired) electrons. The van der Waals surface area contributed by atoms with Gasteiger partial charge in [0.25, 0.3) is 0 Å². The van der Waals surface area contributed by atoms with E-state index in [1.165, 1.54) is 12.8 Å². The number of nitrogens with zero attached hydrogens (tertiary/aromatic N) is 2. The molecule has 3 saturated heterocycles. The highest BCUT2D eigenvalue weighted by Gasteiger charge is 2.39. The predicted octanol–water partition coefficient (Wildman–Crippen LogP) is 2.63. The number of hydrogen-bond donors (Lipinski definition) is 1. The van der Waals surface area contributed by atoms with Gasteiger partial charge in [-0.1, -0.05) is 31.5 Å². The highest BCUT2D eigenvalue weighted by atomic mass is 32.2. The standard InChI is InChI=1S/C19H25N3O2S/c1-2-14-13-22-10-8-16(14)11-17(22)12-21-25(23,24)18-7-3-5-15-6-4-9-20-19(15)18/h3-7,9,14,16-17,21H,2,8,10-13H2,1H3/t14-,16+,17-/m1/s1. The summed E-state index contributed by atoms with van der Waals surface area (Å²) in [6.07, 6.45) is 5.23. The number of nitrogens with one attached hydrogen (secondary N) is 1. The largest absolute Gasteiger partial charge is 0.299 e. The van der Waals surface area contributed by atoms with Crippen LogP contribution in [0.25, 0.3) is 10.9 Å². The normalized spacial score (nSPS) is 29.2. The third kappa shape index (κ3) is 3.18. The van der Waals surface area contributed by atoms with E-state index in [4.69, 9.17) is 0 Å². The van der Waals surface area contributed by atoms with Crippen LogP contribution >= 0.6 is 0 Å². The number of benzene rings is 1. The number of piperidine rings is 3. The van der Waals surface area contributed by atoms with Gasteiger partial charge in [-0.05, 0) is 43.4 Å². The fraction of sp³-hybridized carbons (Fsp3) is 0.526. The van der Waals surface area contributed by atoms with Crippen molar-refractivity contribution < 1.29 is 8.42 Å². The third-order valence-corrected chi connectivity index (χ3v) is 7.39. The maximum Gasteiger partial charge on any atom is 0.242 e. The molecule has 1 unspecified atom stereocenters. The van der Waals surface area contributed by atoms with Crippen LogP contribution in [0.3, 0.4) is 0 Å². The second kappa shape index (κ2) is 6.67. The molecule has 3 aliphatic heterocycles. The van der Waals surface area contributed by atoms with Crippen LogP contribution in [0.2, 0.25) is 0 Å². The van der Waals surface area contributed by atoms with E-state index in [0.29, 0.717) is 18.1 Å². The summed E-state index contributed by atoms with van der Waals surface area (Å²) >= 11 is 0. The predicted molar refractivity (Wildman–Crippen MR) is 98.8 cm³/mol. The summed E-state index contributed by atoms with van der Waals surface area (Å²) in [4.78, 5) is 7.01. The van der Waals surface area contributed by atoms with Crippen LogP contribution in [0.5, 0.6) is 0 Å². The van der Waals surface area contributed by atoms with Crippen molar-refractivity contribution in [1.29, 1.82) is 0 Å². The second-order valence-corrected chi connectivity index (χ2v) is 9.02. The molecule has 4 atom stereocenters. The minimum atomic E-state index is -3.56. The molecule has 3 fully saturated rings. The molecule has 0 spiro atoms. The molecule has 2 bridgehead atoms. The Morgan fingerprint density at radius 1 is 1.28 bits per heavy atom. The summed E-state index contributed by atoms with van der Waals surface area (Å²) in [7, 11) is -3.56. The van der Waals surface area contributed by atoms with Crippen LogP contribution < -0.4 is 4.72 Å². The molecule has 0 amide bonds. The molecule has 2 aromatic rings. The average molecular weight is 359 g/mol. The fourth-order valence-corrected chi connectivity index (χ4v) is 5.75. The van der Waals surface area contributed by atoms with Crippen LogP contribution in [0.1, 0.15) is 26.2 Å². The van der Waals surface area contributed by atoms with Gasteiger partial charge in [0.2, 0.25) is 10.0 Å². The van der Waals surface area contributed by atoms with E-state index in [9.17, 15) is 8.42 Å². The molecule has 25 heavy (non-hydrogen) atoms. The van der Waals surface area contributed by atoms with Gasteiger partial charge in [-0.15, -0.1) is 0 Å². The van der Waals surface area contributed by atoms with Gasteiger partial charge in [0, 0.05) is 30.7 Å². The summed E-state index contributed by atoms with van der Waals surface area (Å²) in [5, 5.41) is 0.844. The summed E-state index contributed by atoms with van der Waals surface area (Å²) in [6, 6.07) is 9.33. The average Bonchev–Trinajstić information content (AvgIpc) is 2.66. The van der Waals surface area contributed by atoms with Crippen LogP contribution in [-0.4, -0.2) is 44.0 Å². The van der Waals surface area contributed by atoms with Crippen molar-refractivity contribution in [2.24, 2.45) is 11.8 Å². The van der Waals surface area contributed by atoms with Gasteiger partial charge in [-0.2, -0.15) is 0 Å². The first-order valence-electron chi connectivity index (χ1n) is 9.16. The molecular formula is C19H25N3O2S. The topological polar surface area (TPSA) is 62.3 Å². The lowest BCUT2D eigenvalue weighted by atomic mass is 9.74. The maximum absolute atomic E-state index is 12.8. The maximum atomic E-state index is 12.8. The van der Waals surface area contributed by atoms with Crippen LogP contribution in [0.15, 0.2) is 41.4 Å². The lowest BCUT2D eigenvalue weighted by Gasteiger charge is -2.49. The first kappa shape index (κ1) is 16.9. The minimum absolute atomic E-state index is 0.271. The summed E-state index contributed by atoms with van der Waals surface area (Å²) in [5.41, 5.74) is 0.536. The zero-order valence-corrected chi connectivity index (χ0v) is 15.4. The van der Waals surface area contributed by atoms with Crippen molar-refractivity contribution in [2.75, 3.05) is 19.6 Å². The molecule has 1 aromatic carbocycles. The quantitative estimate of drug-likeness (QED) is 0.891. The van der Waals surface area contributed by atoms with Crippen molar-refractivity contribution in [3.05, 3.63) is 36.5 Å². The molecule has 4 heterocycles. The smallest absolute Gasteiger partial charge is 0.242 e. The van der Waals surface area contributed by atoms with E-state index >= 15 is 0 Å². The molecule has 0 saturated carbocycles. The number of rotatable bonds is 5. The second-order valence-electron chi connectivity index (χ2n) is 7.28. The monoisotopic (exact) mass is 359 g/mol. The van der Waals surface area contributed by atoms with Crippen molar-refractivity contribution in [3.8, 4) is 0 Å². The van der Waals surface area contributed by atoms with Gasteiger partial charge in [0.15, 0.2) is 0 Å². The van der Waals surface area contributed by atoms with Gasteiger partial charge in [-0.3, -0.25) is 9.88 Å². The first-order valence-corrected chi connectivity index (χ1v) is 10.6. The van der Waals surface area contributed by atoms with Crippen molar-refractivity contribution in [2.45, 2.75) is 37.1 Å². The van der Waals surface area contributed by atoms with Crippen molar-refractivity contribution >= 4 is 20.9 Å².